The first-order chi connectivity index (χ1) is 15.5. The molecule has 0 aliphatic carbocycles. The maximum absolute atomic E-state index is 12.8. The number of morpholine rings is 1. The number of hydrogen-bond donors (Lipinski definition) is 2. The first kappa shape index (κ1) is 23.9. The van der Waals surface area contributed by atoms with Crippen molar-refractivity contribution in [3.63, 3.8) is 0 Å². The van der Waals surface area contributed by atoms with Gasteiger partial charge in [0, 0.05) is 50.4 Å². The summed E-state index contributed by atoms with van der Waals surface area (Å²) in [5, 5.41) is 5.57. The monoisotopic (exact) mass is 438 g/mol. The van der Waals surface area contributed by atoms with E-state index in [2.05, 4.69) is 34.4 Å². The van der Waals surface area contributed by atoms with Crippen LogP contribution in [0.1, 0.15) is 58.8 Å². The Morgan fingerprint density at radius 1 is 1.19 bits per heavy atom. The van der Waals surface area contributed by atoms with Crippen LogP contribution in [-0.2, 0) is 11.2 Å². The number of carbonyl (C=O) groups is 2. The zero-order chi connectivity index (χ0) is 22.9. The van der Waals surface area contributed by atoms with Gasteiger partial charge < -0.3 is 15.4 Å². The largest absolute Gasteiger partial charge is 0.376 e. The molecule has 1 atom stereocenters. The summed E-state index contributed by atoms with van der Waals surface area (Å²) in [7, 11) is 1.56. The Morgan fingerprint density at radius 2 is 1.97 bits per heavy atom. The van der Waals surface area contributed by atoms with Crippen LogP contribution in [0.5, 0.6) is 0 Å². The van der Waals surface area contributed by atoms with Crippen LogP contribution < -0.4 is 10.6 Å². The van der Waals surface area contributed by atoms with Crippen LogP contribution in [0.25, 0.3) is 0 Å². The van der Waals surface area contributed by atoms with Crippen LogP contribution in [0.2, 0.25) is 0 Å². The standard InChI is InChI=1S/C25H34N4O3/c1-18(2)29-12-13-32-22(17-29)10-7-11-27-24(30)20-15-21(14-19-8-5-4-6-9-19)28-23(16-20)25(31)26-3/h4-6,8-9,15-16,18,22H,7,10-14,17H2,1-3H3,(H,26,31)(H,27,30). The molecule has 172 valence electrons. The Morgan fingerprint density at radius 3 is 2.69 bits per heavy atom. The van der Waals surface area contributed by atoms with Gasteiger partial charge >= 0.3 is 0 Å². The fourth-order valence-corrected chi connectivity index (χ4v) is 3.88. The summed E-state index contributed by atoms with van der Waals surface area (Å²) in [5.41, 5.74) is 2.45. The highest BCUT2D eigenvalue weighted by atomic mass is 16.5. The minimum absolute atomic E-state index is 0.194. The Labute approximate surface area is 190 Å². The van der Waals surface area contributed by atoms with Crippen molar-refractivity contribution < 1.29 is 14.3 Å². The molecule has 2 heterocycles. The highest BCUT2D eigenvalue weighted by Crippen LogP contribution is 2.14. The second-order valence-electron chi connectivity index (χ2n) is 8.45. The van der Waals surface area contributed by atoms with E-state index in [1.54, 1.807) is 19.2 Å². The average Bonchev–Trinajstić information content (AvgIpc) is 2.81. The molecule has 7 heteroatoms. The molecule has 1 aromatic heterocycles. The lowest BCUT2D eigenvalue weighted by atomic mass is 10.1. The third kappa shape index (κ3) is 6.87. The summed E-state index contributed by atoms with van der Waals surface area (Å²) >= 11 is 0. The molecule has 32 heavy (non-hydrogen) atoms. The topological polar surface area (TPSA) is 83.6 Å². The maximum Gasteiger partial charge on any atom is 0.269 e. The van der Waals surface area contributed by atoms with Gasteiger partial charge in [-0.05, 0) is 44.4 Å². The number of aromatic nitrogens is 1. The van der Waals surface area contributed by atoms with Crippen molar-refractivity contribution in [1.82, 2.24) is 20.5 Å². The van der Waals surface area contributed by atoms with E-state index in [-0.39, 0.29) is 23.6 Å². The van der Waals surface area contributed by atoms with Gasteiger partial charge in [-0.15, -0.1) is 0 Å². The van der Waals surface area contributed by atoms with E-state index >= 15 is 0 Å². The van der Waals surface area contributed by atoms with Crippen molar-refractivity contribution in [3.8, 4) is 0 Å². The van der Waals surface area contributed by atoms with E-state index in [1.807, 2.05) is 30.3 Å². The quantitative estimate of drug-likeness (QED) is 0.588. The molecule has 1 aromatic carbocycles. The lowest BCUT2D eigenvalue weighted by Crippen LogP contribution is -2.45. The third-order valence-corrected chi connectivity index (χ3v) is 5.72. The molecule has 0 bridgehead atoms. The lowest BCUT2D eigenvalue weighted by Gasteiger charge is -2.35. The van der Waals surface area contributed by atoms with Crippen molar-refractivity contribution >= 4 is 11.8 Å². The maximum atomic E-state index is 12.8. The van der Waals surface area contributed by atoms with Crippen molar-refractivity contribution in [2.45, 2.75) is 45.3 Å². The van der Waals surface area contributed by atoms with E-state index in [1.165, 1.54) is 0 Å². The van der Waals surface area contributed by atoms with Crippen molar-refractivity contribution in [2.24, 2.45) is 0 Å². The smallest absolute Gasteiger partial charge is 0.269 e. The van der Waals surface area contributed by atoms with E-state index in [9.17, 15) is 9.59 Å². The van der Waals surface area contributed by atoms with Crippen LogP contribution in [-0.4, -0.2) is 67.1 Å². The SMILES string of the molecule is CNC(=O)c1cc(C(=O)NCCCC2CN(C(C)C)CCO2)cc(Cc2ccccc2)n1. The van der Waals surface area contributed by atoms with Gasteiger partial charge in [0.2, 0.25) is 0 Å². The van der Waals surface area contributed by atoms with Gasteiger partial charge in [-0.25, -0.2) is 4.98 Å². The summed E-state index contributed by atoms with van der Waals surface area (Å²) in [6, 6.07) is 13.7. The van der Waals surface area contributed by atoms with Gasteiger partial charge in [0.15, 0.2) is 0 Å². The number of hydrogen-bond acceptors (Lipinski definition) is 5. The highest BCUT2D eigenvalue weighted by Gasteiger charge is 2.22. The lowest BCUT2D eigenvalue weighted by molar-refractivity contribution is -0.0424. The second-order valence-corrected chi connectivity index (χ2v) is 8.45. The number of pyridine rings is 1. The molecule has 3 rings (SSSR count). The van der Waals surface area contributed by atoms with Gasteiger partial charge in [-0.2, -0.15) is 0 Å². The molecule has 2 N–H and O–H groups in total. The van der Waals surface area contributed by atoms with Gasteiger partial charge in [0.05, 0.1) is 12.7 Å². The Kier molecular flexibility index (Phi) is 8.76. The van der Waals surface area contributed by atoms with Gasteiger partial charge in [-0.1, -0.05) is 30.3 Å². The highest BCUT2D eigenvalue weighted by molar-refractivity contribution is 5.98. The number of amides is 2. The molecule has 1 fully saturated rings. The normalized spacial score (nSPS) is 16.7. The number of rotatable bonds is 9. The summed E-state index contributed by atoms with van der Waals surface area (Å²) < 4.78 is 5.87. The number of carbonyl (C=O) groups excluding carboxylic acids is 2. The summed E-state index contributed by atoms with van der Waals surface area (Å²) in [4.78, 5) is 31.9. The fraction of sp³-hybridized carbons (Fsp3) is 0.480. The minimum Gasteiger partial charge on any atom is -0.376 e. The Bertz CT molecular complexity index is 901. The molecule has 2 amide bonds. The summed E-state index contributed by atoms with van der Waals surface area (Å²) in [5.74, 6) is -0.502. The first-order valence-corrected chi connectivity index (χ1v) is 11.4. The van der Waals surface area contributed by atoms with E-state index in [0.717, 1.165) is 38.1 Å². The molecule has 1 unspecified atom stereocenters. The molecule has 0 radical (unpaired) electrons. The second kappa shape index (κ2) is 11.7. The third-order valence-electron chi connectivity index (χ3n) is 5.72. The van der Waals surface area contributed by atoms with Crippen LogP contribution in [0.15, 0.2) is 42.5 Å². The molecule has 0 saturated carbocycles. The van der Waals surface area contributed by atoms with Crippen LogP contribution >= 0.6 is 0 Å². The molecular weight excluding hydrogens is 404 g/mol. The van der Waals surface area contributed by atoms with Crippen molar-refractivity contribution in [1.29, 1.82) is 0 Å². The number of nitrogens with zero attached hydrogens (tertiary/aromatic N) is 2. The molecule has 2 aromatic rings. The molecular formula is C25H34N4O3. The van der Waals surface area contributed by atoms with E-state index < -0.39 is 0 Å². The van der Waals surface area contributed by atoms with Crippen LogP contribution in [0.3, 0.4) is 0 Å². The van der Waals surface area contributed by atoms with Crippen LogP contribution in [0.4, 0.5) is 0 Å². The van der Waals surface area contributed by atoms with E-state index in [4.69, 9.17) is 4.74 Å². The minimum atomic E-state index is -0.307. The molecule has 1 aliphatic heterocycles. The summed E-state index contributed by atoms with van der Waals surface area (Å²) in [6.07, 6.45) is 2.51. The van der Waals surface area contributed by atoms with Crippen LogP contribution in [0, 0.1) is 0 Å². The van der Waals surface area contributed by atoms with Gasteiger partial charge in [0.25, 0.3) is 11.8 Å². The molecule has 1 saturated heterocycles. The molecule has 0 spiro atoms. The average molecular weight is 439 g/mol. The van der Waals surface area contributed by atoms with Gasteiger partial charge in [0.1, 0.15) is 5.69 Å². The number of benzene rings is 1. The molecule has 7 nitrogen and oxygen atoms in total. The predicted octanol–water partition coefficient (Wildman–Crippen LogP) is 2.65. The first-order valence-electron chi connectivity index (χ1n) is 11.4. The Hall–Kier alpha value is -2.77. The number of nitrogens with one attached hydrogen (secondary N) is 2. The number of ether oxygens (including phenoxy) is 1. The summed E-state index contributed by atoms with van der Waals surface area (Å²) in [6.45, 7) is 7.65. The zero-order valence-corrected chi connectivity index (χ0v) is 19.3. The van der Waals surface area contributed by atoms with Crippen molar-refractivity contribution in [2.75, 3.05) is 33.3 Å². The zero-order valence-electron chi connectivity index (χ0n) is 19.3. The molecule has 1 aliphatic rings. The van der Waals surface area contributed by atoms with Gasteiger partial charge in [-0.3, -0.25) is 14.5 Å². The van der Waals surface area contributed by atoms with E-state index in [0.29, 0.717) is 30.3 Å². The Balaban J connectivity index is 1.58. The fourth-order valence-electron chi connectivity index (χ4n) is 3.88. The predicted molar refractivity (Wildman–Crippen MR) is 125 cm³/mol. The van der Waals surface area contributed by atoms with Crippen molar-refractivity contribution in [3.05, 3.63) is 65.0 Å².